The topological polar surface area (TPSA) is 0 Å². The molecular weight excluding hydrogens is 256 g/mol. The molecular formula is C15H12F4. The van der Waals surface area contributed by atoms with Gasteiger partial charge in [-0.05, 0) is 25.0 Å². The number of rotatable bonds is 2. The van der Waals surface area contributed by atoms with Crippen LogP contribution in [0.1, 0.15) is 22.3 Å². The van der Waals surface area contributed by atoms with Crippen molar-refractivity contribution in [2.24, 2.45) is 0 Å². The van der Waals surface area contributed by atoms with Gasteiger partial charge in [0.05, 0.1) is 0 Å². The van der Waals surface area contributed by atoms with Crippen molar-refractivity contribution in [3.63, 3.8) is 0 Å². The highest BCUT2D eigenvalue weighted by Gasteiger charge is 2.19. The van der Waals surface area contributed by atoms with E-state index in [-0.39, 0.29) is 12.5 Å². The van der Waals surface area contributed by atoms with Crippen molar-refractivity contribution in [3.05, 3.63) is 69.8 Å². The average Bonchev–Trinajstić information content (AvgIpc) is 2.36. The molecule has 4 heteroatoms. The smallest absolute Gasteiger partial charge is 0.165 e. The van der Waals surface area contributed by atoms with Gasteiger partial charge in [-0.3, -0.25) is 0 Å². The van der Waals surface area contributed by atoms with E-state index in [1.165, 1.54) is 0 Å². The Morgan fingerprint density at radius 3 is 2.00 bits per heavy atom. The summed E-state index contributed by atoms with van der Waals surface area (Å²) in [6.45, 7) is 3.61. The first-order valence-corrected chi connectivity index (χ1v) is 5.78. The maximum Gasteiger partial charge on any atom is 0.165 e. The summed E-state index contributed by atoms with van der Waals surface area (Å²) in [6.07, 6.45) is -0.181. The minimum Gasteiger partial charge on any atom is -0.204 e. The first-order chi connectivity index (χ1) is 8.90. The van der Waals surface area contributed by atoms with E-state index >= 15 is 0 Å². The maximum absolute atomic E-state index is 13.6. The molecule has 2 rings (SSSR count). The molecule has 0 saturated carbocycles. The molecule has 0 unspecified atom stereocenters. The molecule has 0 aromatic heterocycles. The predicted molar refractivity (Wildman–Crippen MR) is 65.0 cm³/mol. The normalized spacial score (nSPS) is 10.8. The number of benzene rings is 2. The van der Waals surface area contributed by atoms with E-state index in [2.05, 4.69) is 0 Å². The molecule has 0 N–H and O–H groups in total. The van der Waals surface area contributed by atoms with E-state index in [0.29, 0.717) is 5.56 Å². The van der Waals surface area contributed by atoms with Crippen molar-refractivity contribution in [1.29, 1.82) is 0 Å². The van der Waals surface area contributed by atoms with Crippen LogP contribution in [0.5, 0.6) is 0 Å². The summed E-state index contributed by atoms with van der Waals surface area (Å²) >= 11 is 0. The molecule has 0 aliphatic rings. The van der Waals surface area contributed by atoms with Gasteiger partial charge in [0.2, 0.25) is 0 Å². The molecule has 100 valence electrons. The Morgan fingerprint density at radius 2 is 1.42 bits per heavy atom. The van der Waals surface area contributed by atoms with Crippen LogP contribution in [0, 0.1) is 37.1 Å². The fourth-order valence-corrected chi connectivity index (χ4v) is 1.96. The van der Waals surface area contributed by atoms with E-state index in [1.54, 1.807) is 19.1 Å². The molecule has 0 nitrogen and oxygen atoms in total. The van der Waals surface area contributed by atoms with Gasteiger partial charge in [-0.15, -0.1) is 0 Å². The molecule has 0 bridgehead atoms. The largest absolute Gasteiger partial charge is 0.204 e. The molecule has 2 aromatic carbocycles. The Balaban J connectivity index is 2.52. The Morgan fingerprint density at radius 1 is 0.842 bits per heavy atom. The Labute approximate surface area is 108 Å². The first kappa shape index (κ1) is 13.6. The SMILES string of the molecule is Cc1ccc(C)c(Cc2c(F)c(F)cc(F)c2F)c1. The Bertz CT molecular complexity index is 606. The Kier molecular flexibility index (Phi) is 3.60. The number of halogens is 4. The number of hydrogen-bond donors (Lipinski definition) is 0. The second-order valence-electron chi connectivity index (χ2n) is 4.55. The summed E-state index contributed by atoms with van der Waals surface area (Å²) in [4.78, 5) is 0. The van der Waals surface area contributed by atoms with Crippen LogP contribution in [-0.2, 0) is 6.42 Å². The zero-order valence-electron chi connectivity index (χ0n) is 10.5. The summed E-state index contributed by atoms with van der Waals surface area (Å²) < 4.78 is 53.4. The van der Waals surface area contributed by atoms with Crippen LogP contribution < -0.4 is 0 Å². The fraction of sp³-hybridized carbons (Fsp3) is 0.200. The third kappa shape index (κ3) is 2.62. The minimum absolute atomic E-state index is 0.181. The van der Waals surface area contributed by atoms with Crippen LogP contribution in [0.2, 0.25) is 0 Å². The number of aryl methyl sites for hydroxylation is 2. The van der Waals surface area contributed by atoms with E-state index < -0.39 is 28.8 Å². The van der Waals surface area contributed by atoms with Crippen LogP contribution in [0.15, 0.2) is 24.3 Å². The van der Waals surface area contributed by atoms with E-state index in [0.717, 1.165) is 11.1 Å². The predicted octanol–water partition coefficient (Wildman–Crippen LogP) is 4.45. The first-order valence-electron chi connectivity index (χ1n) is 5.78. The summed E-state index contributed by atoms with van der Waals surface area (Å²) in [6, 6.07) is 5.63. The zero-order valence-corrected chi connectivity index (χ0v) is 10.5. The highest BCUT2D eigenvalue weighted by Crippen LogP contribution is 2.23. The van der Waals surface area contributed by atoms with E-state index in [1.807, 2.05) is 13.0 Å². The minimum atomic E-state index is -1.38. The standard InChI is InChI=1S/C15H12F4/c1-8-3-4-9(2)10(5-8)6-11-14(18)12(16)7-13(17)15(11)19/h3-5,7H,6H2,1-2H3. The van der Waals surface area contributed by atoms with Crippen molar-refractivity contribution >= 4 is 0 Å². The van der Waals surface area contributed by atoms with Crippen LogP contribution >= 0.6 is 0 Å². The van der Waals surface area contributed by atoms with Crippen molar-refractivity contribution in [3.8, 4) is 0 Å². The second kappa shape index (κ2) is 5.03. The van der Waals surface area contributed by atoms with Gasteiger partial charge in [-0.1, -0.05) is 23.8 Å². The lowest BCUT2D eigenvalue weighted by atomic mass is 9.98. The molecule has 0 atom stereocenters. The van der Waals surface area contributed by atoms with E-state index in [9.17, 15) is 17.6 Å². The zero-order chi connectivity index (χ0) is 14.2. The molecule has 0 heterocycles. The molecule has 0 radical (unpaired) electrons. The second-order valence-corrected chi connectivity index (χ2v) is 4.55. The average molecular weight is 268 g/mol. The lowest BCUT2D eigenvalue weighted by Gasteiger charge is -2.10. The molecule has 0 fully saturated rings. The van der Waals surface area contributed by atoms with Gasteiger partial charge in [0.25, 0.3) is 0 Å². The number of hydrogen-bond acceptors (Lipinski definition) is 0. The molecule has 0 saturated heterocycles. The Hall–Kier alpha value is -1.84. The molecule has 0 aliphatic carbocycles. The van der Waals surface area contributed by atoms with Crippen molar-refractivity contribution in [1.82, 2.24) is 0 Å². The molecule has 19 heavy (non-hydrogen) atoms. The van der Waals surface area contributed by atoms with Gasteiger partial charge in [0.1, 0.15) is 0 Å². The molecule has 0 spiro atoms. The lowest BCUT2D eigenvalue weighted by molar-refractivity contribution is 0.441. The van der Waals surface area contributed by atoms with Crippen molar-refractivity contribution in [2.75, 3.05) is 0 Å². The quantitative estimate of drug-likeness (QED) is 0.557. The van der Waals surface area contributed by atoms with Crippen molar-refractivity contribution in [2.45, 2.75) is 20.3 Å². The molecule has 2 aromatic rings. The van der Waals surface area contributed by atoms with Crippen LogP contribution in [0.4, 0.5) is 17.6 Å². The van der Waals surface area contributed by atoms with Gasteiger partial charge < -0.3 is 0 Å². The summed E-state index contributed by atoms with van der Waals surface area (Å²) in [5, 5.41) is 0. The van der Waals surface area contributed by atoms with Gasteiger partial charge in [-0.2, -0.15) is 0 Å². The molecule has 0 aliphatic heterocycles. The van der Waals surface area contributed by atoms with Gasteiger partial charge in [0, 0.05) is 18.1 Å². The summed E-state index contributed by atoms with van der Waals surface area (Å²) in [5.41, 5.74) is 1.79. The van der Waals surface area contributed by atoms with E-state index in [4.69, 9.17) is 0 Å². The summed E-state index contributed by atoms with van der Waals surface area (Å²) in [7, 11) is 0. The summed E-state index contributed by atoms with van der Waals surface area (Å²) in [5.74, 6) is -5.42. The molecule has 0 amide bonds. The van der Waals surface area contributed by atoms with Gasteiger partial charge >= 0.3 is 0 Å². The van der Waals surface area contributed by atoms with Crippen LogP contribution in [-0.4, -0.2) is 0 Å². The van der Waals surface area contributed by atoms with Crippen LogP contribution in [0.25, 0.3) is 0 Å². The maximum atomic E-state index is 13.6. The third-order valence-corrected chi connectivity index (χ3v) is 3.07. The highest BCUT2D eigenvalue weighted by molar-refractivity contribution is 5.36. The lowest BCUT2D eigenvalue weighted by Crippen LogP contribution is -2.04. The third-order valence-electron chi connectivity index (χ3n) is 3.07. The monoisotopic (exact) mass is 268 g/mol. The highest BCUT2D eigenvalue weighted by atomic mass is 19.2. The van der Waals surface area contributed by atoms with Gasteiger partial charge in [0.15, 0.2) is 23.3 Å². The van der Waals surface area contributed by atoms with Crippen molar-refractivity contribution < 1.29 is 17.6 Å². The van der Waals surface area contributed by atoms with Gasteiger partial charge in [-0.25, -0.2) is 17.6 Å². The fourth-order valence-electron chi connectivity index (χ4n) is 1.96. The van der Waals surface area contributed by atoms with Crippen LogP contribution in [0.3, 0.4) is 0 Å².